The molecular weight excluding hydrogens is 389 g/mol. The Kier molecular flexibility index (Phi) is 6.00. The van der Waals surface area contributed by atoms with E-state index in [0.717, 1.165) is 24.8 Å². The minimum Gasteiger partial charge on any atom is -1.00 e. The van der Waals surface area contributed by atoms with E-state index in [2.05, 4.69) is 11.4 Å². The Balaban J connectivity index is 0.00000200. The highest BCUT2D eigenvalue weighted by Gasteiger charge is 2.26. The minimum atomic E-state index is -3.20. The molecule has 0 aromatic heterocycles. The van der Waals surface area contributed by atoms with Gasteiger partial charge in [-0.15, -0.1) is 9.80 Å². The maximum atomic E-state index is 11.1. The first kappa shape index (κ1) is 17.0. The Morgan fingerprint density at radius 1 is 1.20 bits per heavy atom. The average Bonchev–Trinajstić information content (AvgIpc) is 2.72. The SMILES string of the molecule is CN1[C+]N(CCc2ccc(NS(C)(=O)=O)cc2)C=C1.[I-]. The highest BCUT2D eigenvalue weighted by molar-refractivity contribution is 7.92. The summed E-state index contributed by atoms with van der Waals surface area (Å²) in [5, 5.41) is 0. The van der Waals surface area contributed by atoms with Gasteiger partial charge in [0.2, 0.25) is 10.0 Å². The van der Waals surface area contributed by atoms with Crippen LogP contribution in [0.5, 0.6) is 0 Å². The third kappa shape index (κ3) is 5.49. The normalized spacial score (nSPS) is 13.9. The molecule has 0 spiro atoms. The highest BCUT2D eigenvalue weighted by atomic mass is 127. The number of nitrogens with one attached hydrogen (secondary N) is 1. The number of halogens is 1. The van der Waals surface area contributed by atoms with E-state index in [1.807, 2.05) is 41.4 Å². The molecule has 1 radical (unpaired) electrons. The molecule has 1 heterocycles. The quantitative estimate of drug-likeness (QED) is 0.469. The fourth-order valence-corrected chi connectivity index (χ4v) is 2.34. The molecule has 0 atom stereocenters. The molecule has 0 saturated carbocycles. The zero-order valence-electron chi connectivity index (χ0n) is 11.4. The van der Waals surface area contributed by atoms with E-state index in [-0.39, 0.29) is 24.0 Å². The van der Waals surface area contributed by atoms with Gasteiger partial charge < -0.3 is 24.0 Å². The first-order valence-corrected chi connectivity index (χ1v) is 7.82. The van der Waals surface area contributed by atoms with Gasteiger partial charge in [-0.25, -0.2) is 8.42 Å². The Bertz CT molecular complexity index is 557. The van der Waals surface area contributed by atoms with Crippen molar-refractivity contribution in [3.8, 4) is 0 Å². The summed E-state index contributed by atoms with van der Waals surface area (Å²) in [5.41, 5.74) is 1.74. The Morgan fingerprint density at radius 3 is 2.35 bits per heavy atom. The first-order valence-electron chi connectivity index (χ1n) is 5.93. The van der Waals surface area contributed by atoms with E-state index in [4.69, 9.17) is 0 Å². The second-order valence-electron chi connectivity index (χ2n) is 4.52. The van der Waals surface area contributed by atoms with Crippen molar-refractivity contribution in [3.05, 3.63) is 48.9 Å². The van der Waals surface area contributed by atoms with Crippen molar-refractivity contribution >= 4 is 15.7 Å². The highest BCUT2D eigenvalue weighted by Crippen LogP contribution is 2.13. The molecule has 7 heteroatoms. The lowest BCUT2D eigenvalue weighted by Gasteiger charge is -2.06. The zero-order chi connectivity index (χ0) is 13.9. The van der Waals surface area contributed by atoms with Crippen molar-refractivity contribution in [2.24, 2.45) is 0 Å². The lowest BCUT2D eigenvalue weighted by molar-refractivity contribution is -0.00000643. The molecule has 0 bridgehead atoms. The molecule has 109 valence electrons. The summed E-state index contributed by atoms with van der Waals surface area (Å²) in [6.45, 7) is 3.98. The Labute approximate surface area is 137 Å². The van der Waals surface area contributed by atoms with E-state index in [1.54, 1.807) is 12.1 Å². The Hall–Kier alpha value is -1.09. The van der Waals surface area contributed by atoms with Crippen molar-refractivity contribution in [1.29, 1.82) is 0 Å². The summed E-state index contributed by atoms with van der Waals surface area (Å²) in [4.78, 5) is 3.86. The summed E-state index contributed by atoms with van der Waals surface area (Å²) in [6.07, 6.45) is 5.94. The zero-order valence-corrected chi connectivity index (χ0v) is 14.3. The van der Waals surface area contributed by atoms with Crippen LogP contribution < -0.4 is 28.7 Å². The van der Waals surface area contributed by atoms with E-state index >= 15 is 0 Å². The molecule has 0 unspecified atom stereocenters. The summed E-state index contributed by atoms with van der Waals surface area (Å²) < 4.78 is 24.6. The van der Waals surface area contributed by atoms with Crippen LogP contribution in [0.1, 0.15) is 5.56 Å². The minimum absolute atomic E-state index is 0. The van der Waals surface area contributed by atoms with Gasteiger partial charge in [0.15, 0.2) is 0 Å². The fraction of sp³-hybridized carbons (Fsp3) is 0.308. The molecular formula is C13H17IN3O2S. The fourth-order valence-electron chi connectivity index (χ4n) is 1.78. The monoisotopic (exact) mass is 406 g/mol. The first-order chi connectivity index (χ1) is 8.92. The van der Waals surface area contributed by atoms with E-state index < -0.39 is 10.0 Å². The van der Waals surface area contributed by atoms with Crippen LogP contribution in [0.25, 0.3) is 0 Å². The average molecular weight is 406 g/mol. The largest absolute Gasteiger partial charge is 1.00 e. The summed E-state index contributed by atoms with van der Waals surface area (Å²) in [5.74, 6) is 0. The van der Waals surface area contributed by atoms with Crippen LogP contribution in [0.15, 0.2) is 36.7 Å². The molecule has 1 N–H and O–H groups in total. The molecule has 1 aliphatic heterocycles. The van der Waals surface area contributed by atoms with E-state index in [9.17, 15) is 8.42 Å². The van der Waals surface area contributed by atoms with Gasteiger partial charge >= 0.3 is 6.67 Å². The van der Waals surface area contributed by atoms with Gasteiger partial charge in [0.1, 0.15) is 0 Å². The second kappa shape index (κ2) is 7.07. The van der Waals surface area contributed by atoms with Gasteiger partial charge in [0.25, 0.3) is 0 Å². The maximum Gasteiger partial charge on any atom is 0.564 e. The topological polar surface area (TPSA) is 52.6 Å². The van der Waals surface area contributed by atoms with Crippen molar-refractivity contribution in [3.63, 3.8) is 0 Å². The molecule has 0 saturated heterocycles. The van der Waals surface area contributed by atoms with Crippen LogP contribution in [-0.4, -0.2) is 38.1 Å². The van der Waals surface area contributed by atoms with Gasteiger partial charge in [0, 0.05) is 5.69 Å². The molecule has 1 aliphatic rings. The molecule has 0 amide bonds. The smallest absolute Gasteiger partial charge is 0.564 e. The molecule has 1 aromatic rings. The van der Waals surface area contributed by atoms with Gasteiger partial charge in [-0.05, 0) is 24.1 Å². The van der Waals surface area contributed by atoms with Crippen LogP contribution >= 0.6 is 0 Å². The second-order valence-corrected chi connectivity index (χ2v) is 6.27. The summed E-state index contributed by atoms with van der Waals surface area (Å²) in [7, 11) is -1.27. The maximum absolute atomic E-state index is 11.1. The number of rotatable bonds is 5. The van der Waals surface area contributed by atoms with Crippen molar-refractivity contribution in [2.75, 3.05) is 24.6 Å². The van der Waals surface area contributed by atoms with Crippen LogP contribution in [-0.2, 0) is 16.4 Å². The van der Waals surface area contributed by atoms with Crippen LogP contribution in [0.2, 0.25) is 0 Å². The number of benzene rings is 1. The van der Waals surface area contributed by atoms with Gasteiger partial charge in [-0.1, -0.05) is 12.1 Å². The predicted octanol–water partition coefficient (Wildman–Crippen LogP) is -1.68. The van der Waals surface area contributed by atoms with Gasteiger partial charge in [0.05, 0.1) is 32.2 Å². The van der Waals surface area contributed by atoms with Gasteiger partial charge in [-0.3, -0.25) is 4.72 Å². The molecule has 0 fully saturated rings. The van der Waals surface area contributed by atoms with E-state index in [1.165, 1.54) is 0 Å². The molecule has 0 aliphatic carbocycles. The number of nitrogens with zero attached hydrogens (tertiary/aromatic N) is 2. The van der Waals surface area contributed by atoms with Crippen molar-refractivity contribution in [1.82, 2.24) is 9.80 Å². The Morgan fingerprint density at radius 2 is 1.85 bits per heavy atom. The number of anilines is 1. The van der Waals surface area contributed by atoms with Gasteiger partial charge in [-0.2, -0.15) is 0 Å². The summed E-state index contributed by atoms with van der Waals surface area (Å²) in [6, 6.07) is 7.40. The molecule has 5 nitrogen and oxygen atoms in total. The molecule has 1 aromatic carbocycles. The van der Waals surface area contributed by atoms with Crippen molar-refractivity contribution in [2.45, 2.75) is 6.42 Å². The third-order valence-corrected chi connectivity index (χ3v) is 3.26. The lowest BCUT2D eigenvalue weighted by atomic mass is 10.1. The van der Waals surface area contributed by atoms with Crippen LogP contribution in [0.3, 0.4) is 0 Å². The molecule has 2 rings (SSSR count). The number of hydrogen-bond donors (Lipinski definition) is 1. The standard InChI is InChI=1S/C13H17N3O2S.HI/c1-15-9-10-16(11-15)8-7-12-3-5-13(6-4-12)14-19(2,17)18;/h3-6,9-10,14H,7-8H2,1-2H3;1H/q+1;/p-1. The number of hydrogen-bond acceptors (Lipinski definition) is 4. The summed E-state index contributed by atoms with van der Waals surface area (Å²) >= 11 is 0. The molecule has 20 heavy (non-hydrogen) atoms. The van der Waals surface area contributed by atoms with E-state index in [0.29, 0.717) is 5.69 Å². The van der Waals surface area contributed by atoms with Crippen LogP contribution in [0, 0.1) is 6.67 Å². The lowest BCUT2D eigenvalue weighted by Crippen LogP contribution is -3.00. The predicted molar refractivity (Wildman–Crippen MR) is 75.5 cm³/mol. The van der Waals surface area contributed by atoms with Crippen molar-refractivity contribution < 1.29 is 32.4 Å². The number of sulfonamides is 1. The van der Waals surface area contributed by atoms with Crippen LogP contribution in [0.4, 0.5) is 5.69 Å². The third-order valence-electron chi connectivity index (χ3n) is 2.65.